The maximum Gasteiger partial charge on any atom is 0.0863 e. The Morgan fingerprint density at radius 2 is 2.00 bits per heavy atom. The summed E-state index contributed by atoms with van der Waals surface area (Å²) in [5.74, 6) is 0.528. The fraction of sp³-hybridized carbons (Fsp3) is 0.800. The highest BCUT2D eigenvalue weighted by molar-refractivity contribution is 6.31. The van der Waals surface area contributed by atoms with E-state index in [1.807, 2.05) is 4.68 Å². The molecule has 20 heavy (non-hydrogen) atoms. The second-order valence-electron chi connectivity index (χ2n) is 5.81. The molecular weight excluding hydrogens is 272 g/mol. The van der Waals surface area contributed by atoms with Crippen molar-refractivity contribution in [1.29, 1.82) is 0 Å². The average Bonchev–Trinajstić information content (AvgIpc) is 2.72. The molecule has 0 amide bonds. The summed E-state index contributed by atoms with van der Waals surface area (Å²) in [6.07, 6.45) is 1.88. The second kappa shape index (κ2) is 8.01. The van der Waals surface area contributed by atoms with Gasteiger partial charge in [-0.1, -0.05) is 32.4 Å². The molecule has 0 aliphatic rings. The highest BCUT2D eigenvalue weighted by Gasteiger charge is 2.16. The summed E-state index contributed by atoms with van der Waals surface area (Å²) in [6, 6.07) is 0.259. The van der Waals surface area contributed by atoms with Gasteiger partial charge in [-0.05, 0) is 39.3 Å². The van der Waals surface area contributed by atoms with Crippen LogP contribution in [0.15, 0.2) is 0 Å². The van der Waals surface area contributed by atoms with Crippen LogP contribution in [0.3, 0.4) is 0 Å². The molecule has 0 bridgehead atoms. The van der Waals surface area contributed by atoms with E-state index in [0.717, 1.165) is 48.9 Å². The van der Waals surface area contributed by atoms with Crippen LogP contribution in [0.2, 0.25) is 5.02 Å². The second-order valence-corrected chi connectivity index (χ2v) is 6.19. The van der Waals surface area contributed by atoms with Crippen LogP contribution in [0, 0.1) is 5.92 Å². The van der Waals surface area contributed by atoms with Gasteiger partial charge < -0.3 is 10.6 Å². The third-order valence-electron chi connectivity index (χ3n) is 3.81. The van der Waals surface area contributed by atoms with Crippen LogP contribution in [0.1, 0.15) is 45.5 Å². The van der Waals surface area contributed by atoms with Crippen LogP contribution >= 0.6 is 11.6 Å². The first-order chi connectivity index (χ1) is 9.40. The van der Waals surface area contributed by atoms with E-state index in [0.29, 0.717) is 5.92 Å². The van der Waals surface area contributed by atoms with Crippen molar-refractivity contribution in [3.8, 4) is 0 Å². The van der Waals surface area contributed by atoms with Gasteiger partial charge in [0, 0.05) is 19.1 Å². The van der Waals surface area contributed by atoms with Crippen molar-refractivity contribution < 1.29 is 0 Å². The van der Waals surface area contributed by atoms with E-state index < -0.39 is 0 Å². The lowest BCUT2D eigenvalue weighted by Crippen LogP contribution is -2.32. The number of hydrogen-bond donors (Lipinski definition) is 1. The van der Waals surface area contributed by atoms with Gasteiger partial charge >= 0.3 is 0 Å². The molecule has 1 rings (SSSR count). The highest BCUT2D eigenvalue weighted by atomic mass is 35.5. The third kappa shape index (κ3) is 4.47. The van der Waals surface area contributed by atoms with Gasteiger partial charge in [-0.15, -0.1) is 0 Å². The number of rotatable bonds is 8. The molecule has 1 aromatic rings. The number of nitrogens with two attached hydrogens (primary N) is 1. The Morgan fingerprint density at radius 3 is 2.50 bits per heavy atom. The lowest BCUT2D eigenvalue weighted by molar-refractivity contribution is 0.288. The van der Waals surface area contributed by atoms with E-state index in [1.165, 1.54) is 0 Å². The van der Waals surface area contributed by atoms with Crippen LogP contribution in [0.25, 0.3) is 0 Å². The first kappa shape index (κ1) is 17.5. The number of halogens is 1. The molecule has 0 radical (unpaired) electrons. The maximum atomic E-state index is 6.43. The molecule has 1 aromatic heterocycles. The first-order valence-electron chi connectivity index (χ1n) is 7.58. The van der Waals surface area contributed by atoms with Crippen molar-refractivity contribution in [3.05, 3.63) is 16.4 Å². The summed E-state index contributed by atoms with van der Waals surface area (Å²) in [4.78, 5) is 2.27. The fourth-order valence-electron chi connectivity index (χ4n) is 2.21. The smallest absolute Gasteiger partial charge is 0.0863 e. The standard InChI is InChI=1S/C15H29ClN4/c1-6-13-15(16)14(20(7-2)18-13)10-19(5)9-8-12(17)11(3)4/h11-12H,6-10,17H2,1-5H3. The summed E-state index contributed by atoms with van der Waals surface area (Å²) in [5.41, 5.74) is 8.21. The quantitative estimate of drug-likeness (QED) is 0.803. The van der Waals surface area contributed by atoms with Gasteiger partial charge in [0.25, 0.3) is 0 Å². The number of nitrogens with zero attached hydrogens (tertiary/aromatic N) is 3. The number of aryl methyl sites for hydroxylation is 2. The third-order valence-corrected chi connectivity index (χ3v) is 4.25. The predicted molar refractivity (Wildman–Crippen MR) is 86.1 cm³/mol. The monoisotopic (exact) mass is 300 g/mol. The Bertz CT molecular complexity index is 414. The molecule has 1 atom stereocenters. The van der Waals surface area contributed by atoms with Gasteiger partial charge in [0.15, 0.2) is 0 Å². The molecule has 0 fully saturated rings. The molecule has 1 unspecified atom stereocenters. The van der Waals surface area contributed by atoms with Gasteiger partial charge in [0.05, 0.1) is 16.4 Å². The van der Waals surface area contributed by atoms with Crippen LogP contribution in [-0.2, 0) is 19.5 Å². The molecule has 2 N–H and O–H groups in total. The molecule has 0 aromatic carbocycles. The lowest BCUT2D eigenvalue weighted by atomic mass is 10.0. The van der Waals surface area contributed by atoms with Crippen LogP contribution in [0.4, 0.5) is 0 Å². The number of aromatic nitrogens is 2. The zero-order chi connectivity index (χ0) is 15.3. The molecule has 5 heteroatoms. The largest absolute Gasteiger partial charge is 0.327 e. The predicted octanol–water partition coefficient (Wildman–Crippen LogP) is 2.92. The van der Waals surface area contributed by atoms with E-state index in [2.05, 4.69) is 44.7 Å². The molecule has 0 saturated carbocycles. The normalized spacial score (nSPS) is 13.4. The van der Waals surface area contributed by atoms with Gasteiger partial charge in [-0.3, -0.25) is 4.68 Å². The molecule has 4 nitrogen and oxygen atoms in total. The van der Waals surface area contributed by atoms with Crippen LogP contribution in [0.5, 0.6) is 0 Å². The topological polar surface area (TPSA) is 47.1 Å². The van der Waals surface area contributed by atoms with Crippen molar-refractivity contribution in [2.75, 3.05) is 13.6 Å². The lowest BCUT2D eigenvalue weighted by Gasteiger charge is -2.21. The van der Waals surface area contributed by atoms with Crippen molar-refractivity contribution in [2.24, 2.45) is 11.7 Å². The van der Waals surface area contributed by atoms with E-state index in [4.69, 9.17) is 17.3 Å². The Hall–Kier alpha value is -0.580. The van der Waals surface area contributed by atoms with Gasteiger partial charge in [0.1, 0.15) is 0 Å². The fourth-order valence-corrected chi connectivity index (χ4v) is 2.53. The van der Waals surface area contributed by atoms with E-state index in [1.54, 1.807) is 0 Å². The number of hydrogen-bond acceptors (Lipinski definition) is 3. The van der Waals surface area contributed by atoms with Crippen LogP contribution in [-0.4, -0.2) is 34.3 Å². The van der Waals surface area contributed by atoms with Crippen molar-refractivity contribution in [2.45, 2.75) is 59.7 Å². The van der Waals surface area contributed by atoms with Gasteiger partial charge in [-0.25, -0.2) is 0 Å². The molecule has 0 aliphatic heterocycles. The van der Waals surface area contributed by atoms with Crippen molar-refractivity contribution in [1.82, 2.24) is 14.7 Å². The summed E-state index contributed by atoms with van der Waals surface area (Å²) in [5, 5.41) is 5.38. The molecule has 0 spiro atoms. The molecule has 0 aliphatic carbocycles. The SMILES string of the molecule is CCc1nn(CC)c(CN(C)CCC(N)C(C)C)c1Cl. The molecule has 0 saturated heterocycles. The van der Waals surface area contributed by atoms with Crippen molar-refractivity contribution in [3.63, 3.8) is 0 Å². The zero-order valence-electron chi connectivity index (χ0n) is 13.5. The van der Waals surface area contributed by atoms with E-state index in [-0.39, 0.29) is 6.04 Å². The van der Waals surface area contributed by atoms with Gasteiger partial charge in [0.2, 0.25) is 0 Å². The van der Waals surface area contributed by atoms with Gasteiger partial charge in [-0.2, -0.15) is 5.10 Å². The summed E-state index contributed by atoms with van der Waals surface area (Å²) in [6.45, 7) is 11.2. The highest BCUT2D eigenvalue weighted by Crippen LogP contribution is 2.22. The first-order valence-corrected chi connectivity index (χ1v) is 7.96. The molecule has 116 valence electrons. The Balaban J connectivity index is 2.65. The molecule has 1 heterocycles. The Kier molecular flexibility index (Phi) is 7.00. The van der Waals surface area contributed by atoms with E-state index in [9.17, 15) is 0 Å². The summed E-state index contributed by atoms with van der Waals surface area (Å²) >= 11 is 6.43. The van der Waals surface area contributed by atoms with Crippen LogP contribution < -0.4 is 5.73 Å². The Labute approximate surface area is 128 Å². The minimum absolute atomic E-state index is 0.259. The summed E-state index contributed by atoms with van der Waals surface area (Å²) in [7, 11) is 2.11. The van der Waals surface area contributed by atoms with Crippen molar-refractivity contribution >= 4 is 11.6 Å². The molecular formula is C15H29ClN4. The Morgan fingerprint density at radius 1 is 1.35 bits per heavy atom. The maximum absolute atomic E-state index is 6.43. The minimum atomic E-state index is 0.259. The van der Waals surface area contributed by atoms with E-state index >= 15 is 0 Å². The minimum Gasteiger partial charge on any atom is -0.327 e. The summed E-state index contributed by atoms with van der Waals surface area (Å²) < 4.78 is 2.01. The zero-order valence-corrected chi connectivity index (χ0v) is 14.2. The average molecular weight is 301 g/mol.